The van der Waals surface area contributed by atoms with Crippen LogP contribution in [-0.4, -0.2) is 16.6 Å². The van der Waals surface area contributed by atoms with Crippen molar-refractivity contribution in [3.05, 3.63) is 47.3 Å². The van der Waals surface area contributed by atoms with Gasteiger partial charge >= 0.3 is 0 Å². The lowest BCUT2D eigenvalue weighted by atomic mass is 10.1. The van der Waals surface area contributed by atoms with Crippen LogP contribution in [0.2, 0.25) is 0 Å². The van der Waals surface area contributed by atoms with Gasteiger partial charge in [0.1, 0.15) is 5.75 Å². The van der Waals surface area contributed by atoms with Crippen LogP contribution >= 0.6 is 11.3 Å². The van der Waals surface area contributed by atoms with Gasteiger partial charge in [-0.1, -0.05) is 18.2 Å². The van der Waals surface area contributed by atoms with Gasteiger partial charge in [-0.3, -0.25) is 4.21 Å². The zero-order chi connectivity index (χ0) is 13.8. The van der Waals surface area contributed by atoms with Crippen LogP contribution in [-0.2, 0) is 10.8 Å². The van der Waals surface area contributed by atoms with E-state index in [1.54, 1.807) is 7.11 Å². The van der Waals surface area contributed by atoms with Gasteiger partial charge in [0.2, 0.25) is 0 Å². The minimum atomic E-state index is -1.07. The normalized spacial score (nSPS) is 15.7. The Morgan fingerprint density at radius 1 is 1.26 bits per heavy atom. The lowest BCUT2D eigenvalue weighted by molar-refractivity contribution is 0.414. The number of methoxy groups -OCH3 is 1. The van der Waals surface area contributed by atoms with Crippen molar-refractivity contribution in [2.75, 3.05) is 7.11 Å². The molecule has 0 aliphatic heterocycles. The predicted molar refractivity (Wildman–Crippen MR) is 80.1 cm³/mol. The molecule has 102 valence electrons. The molecule has 5 heteroatoms. The second-order valence-corrected chi connectivity index (χ2v) is 7.22. The van der Waals surface area contributed by atoms with E-state index in [-0.39, 0.29) is 11.3 Å². The summed E-state index contributed by atoms with van der Waals surface area (Å²) in [5, 5.41) is 1.80. The maximum atomic E-state index is 12.4. The number of nitrogens with two attached hydrogens (primary N) is 1. The third-order valence-electron chi connectivity index (χ3n) is 3.04. The van der Waals surface area contributed by atoms with Gasteiger partial charge in [0, 0.05) is 6.04 Å². The van der Waals surface area contributed by atoms with E-state index in [1.807, 2.05) is 48.7 Å². The molecule has 0 fully saturated rings. The monoisotopic (exact) mass is 295 g/mol. The molecule has 1 aromatic carbocycles. The summed E-state index contributed by atoms with van der Waals surface area (Å²) in [5.41, 5.74) is 7.18. The summed E-state index contributed by atoms with van der Waals surface area (Å²) < 4.78 is 18.3. The highest BCUT2D eigenvalue weighted by molar-refractivity contribution is 7.87. The Morgan fingerprint density at radius 3 is 2.47 bits per heavy atom. The molecule has 2 aromatic rings. The summed E-state index contributed by atoms with van der Waals surface area (Å²) in [6.45, 7) is 1.92. The van der Waals surface area contributed by atoms with Crippen molar-refractivity contribution in [3.63, 3.8) is 0 Å². The molecule has 0 bridgehead atoms. The van der Waals surface area contributed by atoms with Crippen LogP contribution in [0.1, 0.15) is 18.5 Å². The molecule has 0 aliphatic rings. The van der Waals surface area contributed by atoms with Crippen molar-refractivity contribution in [1.29, 1.82) is 0 Å². The second-order valence-electron chi connectivity index (χ2n) is 4.23. The summed E-state index contributed by atoms with van der Waals surface area (Å²) >= 11 is 1.50. The quantitative estimate of drug-likeness (QED) is 0.922. The van der Waals surface area contributed by atoms with Gasteiger partial charge in [-0.05, 0) is 36.1 Å². The number of benzene rings is 1. The molecular formula is C14H17NO2S2. The molecule has 0 aliphatic carbocycles. The first kappa shape index (κ1) is 14.2. The third kappa shape index (κ3) is 3.23. The van der Waals surface area contributed by atoms with Gasteiger partial charge in [-0.2, -0.15) is 0 Å². The van der Waals surface area contributed by atoms with Crippen molar-refractivity contribution >= 4 is 22.1 Å². The molecule has 0 spiro atoms. The average Bonchev–Trinajstić information content (AvgIpc) is 2.99. The summed E-state index contributed by atoms with van der Waals surface area (Å²) in [5.74, 6) is 0.794. The second kappa shape index (κ2) is 6.32. The van der Waals surface area contributed by atoms with E-state index >= 15 is 0 Å². The number of hydrogen-bond donors (Lipinski definition) is 1. The van der Waals surface area contributed by atoms with Crippen LogP contribution in [0.5, 0.6) is 5.75 Å². The van der Waals surface area contributed by atoms with Gasteiger partial charge in [0.15, 0.2) is 0 Å². The van der Waals surface area contributed by atoms with Crippen LogP contribution in [0.25, 0.3) is 0 Å². The van der Waals surface area contributed by atoms with E-state index in [4.69, 9.17) is 10.5 Å². The van der Waals surface area contributed by atoms with E-state index < -0.39 is 10.8 Å². The number of thiophene rings is 1. The Kier molecular flexibility index (Phi) is 4.74. The molecule has 3 unspecified atom stereocenters. The zero-order valence-corrected chi connectivity index (χ0v) is 12.5. The van der Waals surface area contributed by atoms with Crippen molar-refractivity contribution in [2.45, 2.75) is 22.4 Å². The highest BCUT2D eigenvalue weighted by atomic mass is 32.2. The van der Waals surface area contributed by atoms with Crippen molar-refractivity contribution in [3.8, 4) is 5.75 Å². The van der Waals surface area contributed by atoms with E-state index in [1.165, 1.54) is 11.3 Å². The van der Waals surface area contributed by atoms with Crippen molar-refractivity contribution in [1.82, 2.24) is 0 Å². The molecule has 1 heterocycles. The van der Waals surface area contributed by atoms with E-state index in [0.717, 1.165) is 15.5 Å². The van der Waals surface area contributed by atoms with Gasteiger partial charge in [0.25, 0.3) is 0 Å². The zero-order valence-electron chi connectivity index (χ0n) is 10.9. The molecule has 3 atom stereocenters. The molecular weight excluding hydrogens is 278 g/mol. The molecule has 0 radical (unpaired) electrons. The summed E-state index contributed by atoms with van der Waals surface area (Å²) in [7, 11) is 0.556. The molecule has 2 rings (SSSR count). The minimum absolute atomic E-state index is 0.132. The minimum Gasteiger partial charge on any atom is -0.497 e. The molecule has 3 nitrogen and oxygen atoms in total. The first-order chi connectivity index (χ1) is 9.13. The Hall–Kier alpha value is -1.17. The molecule has 0 amide bonds. The van der Waals surface area contributed by atoms with Crippen LogP contribution in [0.4, 0.5) is 0 Å². The van der Waals surface area contributed by atoms with Crippen LogP contribution in [0, 0.1) is 0 Å². The Balaban J connectivity index is 2.13. The molecule has 0 saturated carbocycles. The summed E-state index contributed by atoms with van der Waals surface area (Å²) in [4.78, 5) is 0. The highest BCUT2D eigenvalue weighted by Crippen LogP contribution is 2.25. The lowest BCUT2D eigenvalue weighted by Crippen LogP contribution is -2.27. The standard InChI is InChI=1S/C14H17NO2S2/c1-10(19(16)13-4-3-9-18-13)14(15)11-5-7-12(17-2)8-6-11/h3-10,14H,15H2,1-2H3. The van der Waals surface area contributed by atoms with E-state index in [9.17, 15) is 4.21 Å². The maximum absolute atomic E-state index is 12.4. The average molecular weight is 295 g/mol. The Labute approximate surface area is 119 Å². The van der Waals surface area contributed by atoms with Crippen molar-refractivity contribution in [2.24, 2.45) is 5.73 Å². The van der Waals surface area contributed by atoms with E-state index in [0.29, 0.717) is 0 Å². The first-order valence-electron chi connectivity index (χ1n) is 5.97. The Bertz CT molecular complexity index is 537. The van der Waals surface area contributed by atoms with Gasteiger partial charge in [-0.15, -0.1) is 11.3 Å². The summed E-state index contributed by atoms with van der Waals surface area (Å²) in [6.07, 6.45) is 0. The number of rotatable bonds is 5. The lowest BCUT2D eigenvalue weighted by Gasteiger charge is -2.19. The van der Waals surface area contributed by atoms with Gasteiger partial charge in [-0.25, -0.2) is 0 Å². The van der Waals surface area contributed by atoms with Gasteiger partial charge in [0.05, 0.1) is 27.4 Å². The first-order valence-corrected chi connectivity index (χ1v) is 8.06. The molecule has 2 N–H and O–H groups in total. The van der Waals surface area contributed by atoms with Crippen LogP contribution < -0.4 is 10.5 Å². The summed E-state index contributed by atoms with van der Waals surface area (Å²) in [6, 6.07) is 11.1. The Morgan fingerprint density at radius 2 is 1.95 bits per heavy atom. The number of hydrogen-bond acceptors (Lipinski definition) is 4. The molecule has 19 heavy (non-hydrogen) atoms. The highest BCUT2D eigenvalue weighted by Gasteiger charge is 2.22. The number of ether oxygens (including phenoxy) is 1. The van der Waals surface area contributed by atoms with Crippen molar-refractivity contribution < 1.29 is 8.95 Å². The topological polar surface area (TPSA) is 52.3 Å². The maximum Gasteiger partial charge on any atom is 0.118 e. The van der Waals surface area contributed by atoms with Gasteiger partial charge < -0.3 is 10.5 Å². The molecule has 0 saturated heterocycles. The largest absolute Gasteiger partial charge is 0.497 e. The van der Waals surface area contributed by atoms with Crippen LogP contribution in [0.3, 0.4) is 0 Å². The fourth-order valence-corrected chi connectivity index (χ4v) is 4.24. The fourth-order valence-electron chi connectivity index (χ4n) is 1.79. The molecule has 1 aromatic heterocycles. The smallest absolute Gasteiger partial charge is 0.118 e. The van der Waals surface area contributed by atoms with E-state index in [2.05, 4.69) is 0 Å². The third-order valence-corrected chi connectivity index (χ3v) is 5.98. The fraction of sp³-hybridized carbons (Fsp3) is 0.286. The van der Waals surface area contributed by atoms with Crippen LogP contribution in [0.15, 0.2) is 46.0 Å². The predicted octanol–water partition coefficient (Wildman–Crippen LogP) is 2.95. The SMILES string of the molecule is COc1ccc(C(N)C(C)S(=O)c2cccs2)cc1.